The molecule has 0 aliphatic carbocycles. The predicted molar refractivity (Wildman–Crippen MR) is 57.6 cm³/mol. The number of methoxy groups -OCH3 is 2. The largest absolute Gasteiger partial charge is 0.376 e. The first-order valence-corrected chi connectivity index (χ1v) is 5.10. The Bertz CT molecular complexity index is 252. The second kappa shape index (κ2) is 5.28. The van der Waals surface area contributed by atoms with Crippen LogP contribution in [0.2, 0.25) is 0 Å². The van der Waals surface area contributed by atoms with Crippen molar-refractivity contribution in [3.63, 3.8) is 0 Å². The van der Waals surface area contributed by atoms with Gasteiger partial charge in [-0.3, -0.25) is 4.79 Å². The van der Waals surface area contributed by atoms with Crippen molar-refractivity contribution in [3.8, 4) is 0 Å². The van der Waals surface area contributed by atoms with Crippen LogP contribution in [-0.2, 0) is 14.3 Å². The summed E-state index contributed by atoms with van der Waals surface area (Å²) in [6, 6.07) is 0.0728. The van der Waals surface area contributed by atoms with Gasteiger partial charge in [-0.2, -0.15) is 0 Å². The van der Waals surface area contributed by atoms with Crippen molar-refractivity contribution in [1.82, 2.24) is 4.90 Å². The van der Waals surface area contributed by atoms with Crippen LogP contribution < -0.4 is 0 Å². The zero-order valence-electron chi connectivity index (χ0n) is 9.77. The molecule has 0 aromatic heterocycles. The third-order valence-electron chi connectivity index (χ3n) is 2.91. The molecule has 0 saturated carbocycles. The van der Waals surface area contributed by atoms with E-state index in [1.165, 1.54) is 0 Å². The molecule has 2 unspecified atom stereocenters. The number of allylic oxidation sites excluding steroid dienone is 1. The van der Waals surface area contributed by atoms with E-state index in [0.717, 1.165) is 6.42 Å². The van der Waals surface area contributed by atoms with Gasteiger partial charge in [-0.15, -0.1) is 0 Å². The van der Waals surface area contributed by atoms with Gasteiger partial charge in [0, 0.05) is 21.3 Å². The fraction of sp³-hybridized carbons (Fsp3) is 0.727. The van der Waals surface area contributed by atoms with Crippen LogP contribution in [0.3, 0.4) is 0 Å². The van der Waals surface area contributed by atoms with Gasteiger partial charge in [0.1, 0.15) is 6.10 Å². The molecule has 0 aromatic carbocycles. The Balaban J connectivity index is 2.80. The molecular formula is C11H19NO3. The number of likely N-dealkylation sites (tertiary alicyclic amines) is 1. The van der Waals surface area contributed by atoms with Crippen molar-refractivity contribution in [2.45, 2.75) is 31.6 Å². The highest BCUT2D eigenvalue weighted by Gasteiger charge is 2.46. The Morgan fingerprint density at radius 1 is 1.40 bits per heavy atom. The fourth-order valence-electron chi connectivity index (χ4n) is 2.01. The van der Waals surface area contributed by atoms with Gasteiger partial charge in [0.05, 0.1) is 6.04 Å². The molecule has 1 amide bonds. The van der Waals surface area contributed by atoms with E-state index in [9.17, 15) is 4.79 Å². The number of amides is 1. The van der Waals surface area contributed by atoms with Gasteiger partial charge in [-0.25, -0.2) is 0 Å². The summed E-state index contributed by atoms with van der Waals surface area (Å²) in [4.78, 5) is 13.5. The Morgan fingerprint density at radius 2 is 2.07 bits per heavy atom. The van der Waals surface area contributed by atoms with Crippen molar-refractivity contribution in [3.05, 3.63) is 12.2 Å². The first-order valence-electron chi connectivity index (χ1n) is 5.10. The molecule has 1 aliphatic rings. The summed E-state index contributed by atoms with van der Waals surface area (Å²) < 4.78 is 10.5. The fourth-order valence-corrected chi connectivity index (χ4v) is 2.01. The molecule has 4 heteroatoms. The molecule has 1 fully saturated rings. The van der Waals surface area contributed by atoms with Crippen molar-refractivity contribution in [2.75, 3.05) is 21.3 Å². The summed E-state index contributed by atoms with van der Waals surface area (Å²) in [5.41, 5.74) is 0. The van der Waals surface area contributed by atoms with Gasteiger partial charge in [0.25, 0.3) is 5.91 Å². The minimum absolute atomic E-state index is 0.00106. The highest BCUT2D eigenvalue weighted by molar-refractivity contribution is 5.84. The summed E-state index contributed by atoms with van der Waals surface area (Å²) in [5, 5.41) is 0. The first kappa shape index (κ1) is 12.2. The average Bonchev–Trinajstić information content (AvgIpc) is 2.48. The molecule has 4 nitrogen and oxygen atoms in total. The first-order chi connectivity index (χ1) is 7.17. The molecule has 0 aromatic rings. The van der Waals surface area contributed by atoms with Crippen molar-refractivity contribution < 1.29 is 14.3 Å². The number of likely N-dealkylation sites (N-methyl/N-ethyl adjacent to an activating group) is 1. The van der Waals surface area contributed by atoms with E-state index < -0.39 is 6.10 Å². The van der Waals surface area contributed by atoms with Gasteiger partial charge >= 0.3 is 0 Å². The average molecular weight is 213 g/mol. The molecule has 1 aliphatic heterocycles. The van der Waals surface area contributed by atoms with Gasteiger partial charge in [-0.1, -0.05) is 12.2 Å². The maximum absolute atomic E-state index is 11.8. The van der Waals surface area contributed by atoms with E-state index in [2.05, 4.69) is 0 Å². The van der Waals surface area contributed by atoms with Crippen LogP contribution in [0.1, 0.15) is 13.3 Å². The van der Waals surface area contributed by atoms with Gasteiger partial charge < -0.3 is 14.4 Å². The molecule has 0 radical (unpaired) electrons. The summed E-state index contributed by atoms with van der Waals surface area (Å²) in [6.07, 6.45) is 4.18. The molecule has 1 saturated heterocycles. The van der Waals surface area contributed by atoms with Crippen molar-refractivity contribution in [1.29, 1.82) is 0 Å². The Labute approximate surface area is 90.8 Å². The summed E-state index contributed by atoms with van der Waals surface area (Å²) in [5.74, 6) is -0.00106. The van der Waals surface area contributed by atoms with Gasteiger partial charge in [-0.05, 0) is 13.3 Å². The summed E-state index contributed by atoms with van der Waals surface area (Å²) in [6.45, 7) is 1.96. The standard InChI is InChI=1S/C11H19NO3/c1-5-6-7-8-9(14-3)10(15-4)11(13)12(8)2/h5-6,8-10H,7H2,1-4H3/b6-5+/t8-,9?,10?/m0/s1. The summed E-state index contributed by atoms with van der Waals surface area (Å²) in [7, 11) is 4.95. The van der Waals surface area contributed by atoms with E-state index >= 15 is 0 Å². The molecule has 86 valence electrons. The van der Waals surface area contributed by atoms with Gasteiger partial charge in [0.2, 0.25) is 0 Å². The number of hydrogen-bond acceptors (Lipinski definition) is 3. The molecule has 1 heterocycles. The quantitative estimate of drug-likeness (QED) is 0.649. The monoisotopic (exact) mass is 213 g/mol. The number of hydrogen-bond donors (Lipinski definition) is 0. The second-order valence-electron chi connectivity index (χ2n) is 3.68. The number of carbonyl (C=O) groups is 1. The maximum Gasteiger partial charge on any atom is 0.254 e. The van der Waals surface area contributed by atoms with Crippen LogP contribution in [-0.4, -0.2) is 50.3 Å². The third kappa shape index (κ3) is 2.21. The molecule has 3 atom stereocenters. The van der Waals surface area contributed by atoms with E-state index in [-0.39, 0.29) is 18.1 Å². The van der Waals surface area contributed by atoms with E-state index in [4.69, 9.17) is 9.47 Å². The van der Waals surface area contributed by atoms with Crippen LogP contribution in [0.15, 0.2) is 12.2 Å². The lowest BCUT2D eigenvalue weighted by atomic mass is 10.1. The van der Waals surface area contributed by atoms with E-state index in [1.54, 1.807) is 26.2 Å². The SMILES string of the molecule is C/C=C/C[C@H]1C(OC)C(OC)C(=O)N1C. The lowest BCUT2D eigenvalue weighted by Crippen LogP contribution is -2.35. The zero-order chi connectivity index (χ0) is 11.4. The third-order valence-corrected chi connectivity index (χ3v) is 2.91. The maximum atomic E-state index is 11.8. The molecule has 0 N–H and O–H groups in total. The number of nitrogens with zero attached hydrogens (tertiary/aromatic N) is 1. The molecule has 15 heavy (non-hydrogen) atoms. The van der Waals surface area contributed by atoms with Crippen LogP contribution in [0.25, 0.3) is 0 Å². The smallest absolute Gasteiger partial charge is 0.254 e. The van der Waals surface area contributed by atoms with Crippen molar-refractivity contribution >= 4 is 5.91 Å². The van der Waals surface area contributed by atoms with Crippen LogP contribution in [0, 0.1) is 0 Å². The highest BCUT2D eigenvalue weighted by Crippen LogP contribution is 2.25. The molecule has 0 spiro atoms. The minimum Gasteiger partial charge on any atom is -0.376 e. The van der Waals surface area contributed by atoms with E-state index in [0.29, 0.717) is 0 Å². The number of ether oxygens (including phenoxy) is 2. The Hall–Kier alpha value is -0.870. The Kier molecular flexibility index (Phi) is 4.29. The minimum atomic E-state index is -0.463. The number of rotatable bonds is 4. The second-order valence-corrected chi connectivity index (χ2v) is 3.68. The summed E-state index contributed by atoms with van der Waals surface area (Å²) >= 11 is 0. The lowest BCUT2D eigenvalue weighted by Gasteiger charge is -2.22. The number of carbonyl (C=O) groups excluding carboxylic acids is 1. The van der Waals surface area contributed by atoms with Gasteiger partial charge in [0.15, 0.2) is 6.10 Å². The van der Waals surface area contributed by atoms with E-state index in [1.807, 2.05) is 19.1 Å². The lowest BCUT2D eigenvalue weighted by molar-refractivity contribution is -0.137. The zero-order valence-corrected chi connectivity index (χ0v) is 9.77. The normalized spacial score (nSPS) is 31.9. The highest BCUT2D eigenvalue weighted by atomic mass is 16.5. The van der Waals surface area contributed by atoms with Crippen LogP contribution >= 0.6 is 0 Å². The molecule has 1 rings (SSSR count). The topological polar surface area (TPSA) is 38.8 Å². The molecule has 0 bridgehead atoms. The van der Waals surface area contributed by atoms with Crippen LogP contribution in [0.4, 0.5) is 0 Å². The predicted octanol–water partition coefficient (Wildman–Crippen LogP) is 0.823. The Morgan fingerprint density at radius 3 is 2.53 bits per heavy atom. The molecular weight excluding hydrogens is 194 g/mol. The van der Waals surface area contributed by atoms with Crippen LogP contribution in [0.5, 0.6) is 0 Å². The van der Waals surface area contributed by atoms with Crippen molar-refractivity contribution in [2.24, 2.45) is 0 Å².